The molecule has 0 saturated heterocycles. The zero-order chi connectivity index (χ0) is 11.7. The van der Waals surface area contributed by atoms with Gasteiger partial charge in [-0.15, -0.1) is 0 Å². The van der Waals surface area contributed by atoms with E-state index in [1.165, 1.54) is 0 Å². The standard InChI is InChI=1S/C12H10Cl2N2/c1-7-3-4-9(6-10(7)13)11-5-8(2)15-12(14)16-11/h3-6H,1-2H3. The second-order valence-corrected chi connectivity index (χ2v) is 4.37. The van der Waals surface area contributed by atoms with Crippen molar-refractivity contribution in [3.8, 4) is 11.3 Å². The van der Waals surface area contributed by atoms with Crippen LogP contribution < -0.4 is 0 Å². The minimum Gasteiger partial charge on any atom is -0.223 e. The van der Waals surface area contributed by atoms with Gasteiger partial charge in [0.15, 0.2) is 0 Å². The molecule has 0 aliphatic heterocycles. The lowest BCUT2D eigenvalue weighted by Gasteiger charge is -2.04. The van der Waals surface area contributed by atoms with Crippen LogP contribution in [-0.4, -0.2) is 9.97 Å². The number of hydrogen-bond donors (Lipinski definition) is 0. The Labute approximate surface area is 104 Å². The van der Waals surface area contributed by atoms with Gasteiger partial charge in [-0.1, -0.05) is 23.7 Å². The van der Waals surface area contributed by atoms with Crippen molar-refractivity contribution >= 4 is 23.2 Å². The second kappa shape index (κ2) is 4.40. The van der Waals surface area contributed by atoms with E-state index in [1.54, 1.807) is 0 Å². The van der Waals surface area contributed by atoms with E-state index in [0.717, 1.165) is 27.5 Å². The van der Waals surface area contributed by atoms with Gasteiger partial charge in [0.1, 0.15) is 0 Å². The van der Waals surface area contributed by atoms with Crippen LogP contribution >= 0.6 is 23.2 Å². The van der Waals surface area contributed by atoms with Gasteiger partial charge in [0.05, 0.1) is 5.69 Å². The Morgan fingerprint density at radius 3 is 2.38 bits per heavy atom. The fourth-order valence-electron chi connectivity index (χ4n) is 1.43. The average Bonchev–Trinajstić information content (AvgIpc) is 2.20. The van der Waals surface area contributed by atoms with Crippen LogP contribution in [0.2, 0.25) is 10.3 Å². The zero-order valence-corrected chi connectivity index (χ0v) is 10.5. The largest absolute Gasteiger partial charge is 0.223 e. The maximum absolute atomic E-state index is 6.07. The van der Waals surface area contributed by atoms with Crippen molar-refractivity contribution in [1.82, 2.24) is 9.97 Å². The molecule has 16 heavy (non-hydrogen) atoms. The van der Waals surface area contributed by atoms with Crippen molar-refractivity contribution in [1.29, 1.82) is 0 Å². The molecule has 2 rings (SSSR count). The smallest absolute Gasteiger partial charge is 0.223 e. The van der Waals surface area contributed by atoms with E-state index in [1.807, 2.05) is 38.1 Å². The quantitative estimate of drug-likeness (QED) is 0.716. The minimum atomic E-state index is 0.256. The maximum atomic E-state index is 6.07. The molecule has 0 N–H and O–H groups in total. The van der Waals surface area contributed by atoms with Gasteiger partial charge < -0.3 is 0 Å². The molecular weight excluding hydrogens is 243 g/mol. The van der Waals surface area contributed by atoms with Gasteiger partial charge >= 0.3 is 0 Å². The van der Waals surface area contributed by atoms with Crippen LogP contribution in [0.15, 0.2) is 24.3 Å². The Balaban J connectivity index is 2.54. The summed E-state index contributed by atoms with van der Waals surface area (Å²) in [6, 6.07) is 7.70. The highest BCUT2D eigenvalue weighted by Gasteiger charge is 2.05. The average molecular weight is 253 g/mol. The number of aromatic nitrogens is 2. The molecule has 0 fully saturated rings. The predicted molar refractivity (Wildman–Crippen MR) is 67.0 cm³/mol. The highest BCUT2D eigenvalue weighted by molar-refractivity contribution is 6.31. The van der Waals surface area contributed by atoms with Crippen molar-refractivity contribution in [2.45, 2.75) is 13.8 Å². The SMILES string of the molecule is Cc1cc(-c2ccc(C)c(Cl)c2)nc(Cl)n1. The summed E-state index contributed by atoms with van der Waals surface area (Å²) in [4.78, 5) is 8.19. The van der Waals surface area contributed by atoms with Gasteiger partial charge in [0, 0.05) is 16.3 Å². The van der Waals surface area contributed by atoms with Crippen LogP contribution in [0.1, 0.15) is 11.3 Å². The van der Waals surface area contributed by atoms with Gasteiger partial charge in [-0.2, -0.15) is 0 Å². The number of halogens is 2. The fourth-order valence-corrected chi connectivity index (χ4v) is 1.84. The van der Waals surface area contributed by atoms with Crippen molar-refractivity contribution in [2.24, 2.45) is 0 Å². The molecule has 0 aliphatic carbocycles. The maximum Gasteiger partial charge on any atom is 0.223 e. The summed E-state index contributed by atoms with van der Waals surface area (Å²) in [5.41, 5.74) is 3.62. The molecule has 0 amide bonds. The van der Waals surface area contributed by atoms with E-state index in [4.69, 9.17) is 23.2 Å². The van der Waals surface area contributed by atoms with Crippen LogP contribution in [-0.2, 0) is 0 Å². The molecule has 0 bridgehead atoms. The van der Waals surface area contributed by atoms with Crippen LogP contribution in [0, 0.1) is 13.8 Å². The Morgan fingerprint density at radius 1 is 1.00 bits per heavy atom. The number of aryl methyl sites for hydroxylation is 2. The van der Waals surface area contributed by atoms with E-state index >= 15 is 0 Å². The summed E-state index contributed by atoms with van der Waals surface area (Å²) < 4.78 is 0. The van der Waals surface area contributed by atoms with Crippen LogP contribution in [0.3, 0.4) is 0 Å². The number of hydrogen-bond acceptors (Lipinski definition) is 2. The van der Waals surface area contributed by atoms with E-state index in [9.17, 15) is 0 Å². The molecule has 4 heteroatoms. The Hall–Kier alpha value is -1.12. The molecule has 0 radical (unpaired) electrons. The fraction of sp³-hybridized carbons (Fsp3) is 0.167. The molecule has 1 aromatic carbocycles. The van der Waals surface area contributed by atoms with E-state index < -0.39 is 0 Å². The summed E-state index contributed by atoms with van der Waals surface area (Å²) in [5.74, 6) is 0. The van der Waals surface area contributed by atoms with Crippen molar-refractivity contribution in [2.75, 3.05) is 0 Å². The van der Waals surface area contributed by atoms with Crippen LogP contribution in [0.4, 0.5) is 0 Å². The van der Waals surface area contributed by atoms with Gasteiger partial charge in [0.2, 0.25) is 5.28 Å². The molecule has 2 nitrogen and oxygen atoms in total. The number of nitrogens with zero attached hydrogens (tertiary/aromatic N) is 2. The first-order chi connectivity index (χ1) is 7.56. The Bertz CT molecular complexity index is 518. The van der Waals surface area contributed by atoms with Gasteiger partial charge in [-0.25, -0.2) is 9.97 Å². The molecule has 0 spiro atoms. The third-order valence-corrected chi connectivity index (χ3v) is 2.87. The molecule has 1 aromatic heterocycles. The molecule has 0 aliphatic rings. The van der Waals surface area contributed by atoms with E-state index in [2.05, 4.69) is 9.97 Å². The molecule has 0 saturated carbocycles. The van der Waals surface area contributed by atoms with Crippen molar-refractivity contribution in [3.05, 3.63) is 45.8 Å². The summed E-state index contributed by atoms with van der Waals surface area (Å²) in [5, 5.41) is 0.983. The first-order valence-corrected chi connectivity index (χ1v) is 5.59. The zero-order valence-electron chi connectivity index (χ0n) is 8.96. The Morgan fingerprint density at radius 2 is 1.75 bits per heavy atom. The highest BCUT2D eigenvalue weighted by atomic mass is 35.5. The normalized spacial score (nSPS) is 10.5. The molecule has 0 atom stereocenters. The van der Waals surface area contributed by atoms with Crippen molar-refractivity contribution < 1.29 is 0 Å². The molecule has 0 unspecified atom stereocenters. The summed E-state index contributed by atoms with van der Waals surface area (Å²) in [7, 11) is 0. The van der Waals surface area contributed by atoms with Gasteiger partial charge in [0.25, 0.3) is 0 Å². The van der Waals surface area contributed by atoms with Crippen molar-refractivity contribution in [3.63, 3.8) is 0 Å². The molecular formula is C12H10Cl2N2. The number of benzene rings is 1. The summed E-state index contributed by atoms with van der Waals surface area (Å²) >= 11 is 11.9. The monoisotopic (exact) mass is 252 g/mol. The van der Waals surface area contributed by atoms with Crippen LogP contribution in [0.25, 0.3) is 11.3 Å². The molecule has 2 aromatic rings. The summed E-state index contributed by atoms with van der Waals surface area (Å²) in [6.07, 6.45) is 0. The highest BCUT2D eigenvalue weighted by Crippen LogP contribution is 2.24. The topological polar surface area (TPSA) is 25.8 Å². The lowest BCUT2D eigenvalue weighted by molar-refractivity contribution is 1.11. The molecule has 82 valence electrons. The van der Waals surface area contributed by atoms with Crippen LogP contribution in [0.5, 0.6) is 0 Å². The first kappa shape index (κ1) is 11.4. The van der Waals surface area contributed by atoms with Gasteiger partial charge in [-0.3, -0.25) is 0 Å². The Kier molecular flexibility index (Phi) is 3.13. The number of rotatable bonds is 1. The summed E-state index contributed by atoms with van der Waals surface area (Å²) in [6.45, 7) is 3.84. The van der Waals surface area contributed by atoms with E-state index in [-0.39, 0.29) is 5.28 Å². The third-order valence-electron chi connectivity index (χ3n) is 2.29. The van der Waals surface area contributed by atoms with E-state index in [0.29, 0.717) is 0 Å². The minimum absolute atomic E-state index is 0.256. The lowest BCUT2D eigenvalue weighted by atomic mass is 10.1. The second-order valence-electron chi connectivity index (χ2n) is 3.63. The molecule has 1 heterocycles. The van der Waals surface area contributed by atoms with Gasteiger partial charge in [-0.05, 0) is 43.1 Å². The lowest BCUT2D eigenvalue weighted by Crippen LogP contribution is -1.91. The predicted octanol–water partition coefficient (Wildman–Crippen LogP) is 4.07. The first-order valence-electron chi connectivity index (χ1n) is 4.84. The third kappa shape index (κ3) is 2.34.